The maximum atomic E-state index is 12.4. The normalized spacial score (nSPS) is 16.4. The number of nitrogens with two attached hydrogens (primary N) is 1. The van der Waals surface area contributed by atoms with Crippen molar-refractivity contribution in [2.24, 2.45) is 0 Å². The summed E-state index contributed by atoms with van der Waals surface area (Å²) in [6, 6.07) is 6.27. The van der Waals surface area contributed by atoms with Crippen LogP contribution in [-0.2, 0) is 0 Å². The summed E-state index contributed by atoms with van der Waals surface area (Å²) < 4.78 is 1.11. The van der Waals surface area contributed by atoms with Crippen LogP contribution < -0.4 is 16.4 Å². The van der Waals surface area contributed by atoms with Gasteiger partial charge < -0.3 is 16.4 Å². The highest BCUT2D eigenvalue weighted by Gasteiger charge is 2.21. The van der Waals surface area contributed by atoms with Crippen molar-refractivity contribution in [3.8, 4) is 0 Å². The molecule has 5 heteroatoms. The van der Waals surface area contributed by atoms with Gasteiger partial charge in [0.1, 0.15) is 4.88 Å². The van der Waals surface area contributed by atoms with Gasteiger partial charge in [0.25, 0.3) is 5.91 Å². The minimum Gasteiger partial charge on any atom is -0.397 e. The van der Waals surface area contributed by atoms with Gasteiger partial charge in [-0.25, -0.2) is 0 Å². The molecular weight excluding hydrogens is 270 g/mol. The van der Waals surface area contributed by atoms with Crippen LogP contribution in [0.25, 0.3) is 10.1 Å². The van der Waals surface area contributed by atoms with E-state index >= 15 is 0 Å². The second-order valence-corrected chi connectivity index (χ2v) is 6.31. The fourth-order valence-corrected chi connectivity index (χ4v) is 3.76. The molecule has 0 saturated carbocycles. The third-order valence-electron chi connectivity index (χ3n) is 3.83. The fourth-order valence-electron chi connectivity index (χ4n) is 2.67. The van der Waals surface area contributed by atoms with Crippen LogP contribution in [0.15, 0.2) is 18.2 Å². The van der Waals surface area contributed by atoms with Gasteiger partial charge in [0.05, 0.1) is 5.69 Å². The zero-order valence-corrected chi connectivity index (χ0v) is 12.3. The second kappa shape index (κ2) is 5.42. The van der Waals surface area contributed by atoms with E-state index in [-0.39, 0.29) is 11.9 Å². The van der Waals surface area contributed by atoms with E-state index in [0.717, 1.165) is 36.0 Å². The average molecular weight is 289 g/mol. The molecule has 0 radical (unpaired) electrons. The molecule has 0 atom stereocenters. The number of aryl methyl sites for hydroxylation is 1. The van der Waals surface area contributed by atoms with E-state index in [2.05, 4.69) is 10.6 Å². The minimum atomic E-state index is -0.0324. The number of carbonyl (C=O) groups is 1. The Hall–Kier alpha value is -1.59. The topological polar surface area (TPSA) is 67.2 Å². The molecular formula is C15H19N3OS. The van der Waals surface area contributed by atoms with Crippen LogP contribution in [0.4, 0.5) is 5.69 Å². The van der Waals surface area contributed by atoms with Crippen LogP contribution in [0.3, 0.4) is 0 Å². The molecule has 0 aliphatic carbocycles. The Morgan fingerprint density at radius 2 is 2.15 bits per heavy atom. The number of nitrogens with one attached hydrogen (secondary N) is 2. The zero-order valence-electron chi connectivity index (χ0n) is 11.5. The van der Waals surface area contributed by atoms with Crippen molar-refractivity contribution in [1.29, 1.82) is 0 Å². The largest absolute Gasteiger partial charge is 0.397 e. The average Bonchev–Trinajstić information content (AvgIpc) is 2.79. The van der Waals surface area contributed by atoms with E-state index < -0.39 is 0 Å². The van der Waals surface area contributed by atoms with Crippen LogP contribution in [-0.4, -0.2) is 25.0 Å². The van der Waals surface area contributed by atoms with E-state index in [1.807, 2.05) is 25.1 Å². The summed E-state index contributed by atoms with van der Waals surface area (Å²) in [5.41, 5.74) is 7.93. The first-order valence-corrected chi connectivity index (χ1v) is 7.77. The molecule has 1 amide bonds. The summed E-state index contributed by atoms with van der Waals surface area (Å²) in [6.07, 6.45) is 1.96. The molecule has 1 saturated heterocycles. The molecule has 4 nitrogen and oxygen atoms in total. The van der Waals surface area contributed by atoms with Crippen LogP contribution in [0.2, 0.25) is 0 Å². The molecule has 20 heavy (non-hydrogen) atoms. The lowest BCUT2D eigenvalue weighted by molar-refractivity contribution is 0.0934. The Morgan fingerprint density at radius 1 is 1.40 bits per heavy atom. The van der Waals surface area contributed by atoms with Gasteiger partial charge in [-0.15, -0.1) is 11.3 Å². The zero-order chi connectivity index (χ0) is 14.1. The van der Waals surface area contributed by atoms with Gasteiger partial charge in [-0.05, 0) is 38.4 Å². The number of nitrogen functional groups attached to an aromatic ring is 1. The molecule has 1 aromatic heterocycles. The summed E-state index contributed by atoms with van der Waals surface area (Å²) in [5, 5.41) is 7.39. The molecule has 0 bridgehead atoms. The van der Waals surface area contributed by atoms with Crippen LogP contribution in [0.5, 0.6) is 0 Å². The van der Waals surface area contributed by atoms with Crippen molar-refractivity contribution in [3.63, 3.8) is 0 Å². The number of piperidine rings is 1. The predicted molar refractivity (Wildman–Crippen MR) is 84.3 cm³/mol. The molecule has 2 aromatic rings. The Morgan fingerprint density at radius 3 is 2.85 bits per heavy atom. The molecule has 1 fully saturated rings. The summed E-state index contributed by atoms with van der Waals surface area (Å²) in [6.45, 7) is 3.98. The molecule has 1 aliphatic rings. The maximum Gasteiger partial charge on any atom is 0.263 e. The van der Waals surface area contributed by atoms with Crippen molar-refractivity contribution in [2.75, 3.05) is 18.8 Å². The molecule has 3 rings (SSSR count). The number of thiophene rings is 1. The summed E-state index contributed by atoms with van der Waals surface area (Å²) in [5.74, 6) is -0.0324. The molecule has 1 aromatic carbocycles. The second-order valence-electron chi connectivity index (χ2n) is 5.29. The van der Waals surface area contributed by atoms with E-state index in [0.29, 0.717) is 10.6 Å². The van der Waals surface area contributed by atoms with Crippen molar-refractivity contribution in [2.45, 2.75) is 25.8 Å². The highest BCUT2D eigenvalue weighted by atomic mass is 32.1. The molecule has 0 spiro atoms. The molecule has 4 N–H and O–H groups in total. The molecule has 2 heterocycles. The van der Waals surface area contributed by atoms with E-state index in [1.165, 1.54) is 16.9 Å². The van der Waals surface area contributed by atoms with Crippen molar-refractivity contribution < 1.29 is 4.79 Å². The van der Waals surface area contributed by atoms with Crippen LogP contribution in [0.1, 0.15) is 28.1 Å². The summed E-state index contributed by atoms with van der Waals surface area (Å²) in [4.78, 5) is 13.1. The van der Waals surface area contributed by atoms with E-state index in [9.17, 15) is 4.79 Å². The number of carbonyl (C=O) groups excluding carboxylic acids is 1. The number of hydrogen-bond donors (Lipinski definition) is 3. The first kappa shape index (κ1) is 13.4. The van der Waals surface area contributed by atoms with Gasteiger partial charge in [-0.3, -0.25) is 4.79 Å². The Kier molecular flexibility index (Phi) is 3.63. The van der Waals surface area contributed by atoms with Crippen LogP contribution >= 0.6 is 11.3 Å². The number of amides is 1. The Bertz CT molecular complexity index is 644. The molecule has 0 unspecified atom stereocenters. The van der Waals surface area contributed by atoms with Crippen molar-refractivity contribution in [1.82, 2.24) is 10.6 Å². The van der Waals surface area contributed by atoms with E-state index in [4.69, 9.17) is 5.73 Å². The van der Waals surface area contributed by atoms with Gasteiger partial charge in [-0.1, -0.05) is 18.2 Å². The SMILES string of the molecule is Cc1cccc2c(N)c(C(=O)NC3CCNCC3)sc12. The standard InChI is InChI=1S/C15H19N3OS/c1-9-3-2-4-11-12(16)14(20-13(9)11)15(19)18-10-5-7-17-8-6-10/h2-4,10,17H,5-8,16H2,1H3,(H,18,19). The first-order valence-electron chi connectivity index (χ1n) is 6.96. The lowest BCUT2D eigenvalue weighted by Gasteiger charge is -2.23. The van der Waals surface area contributed by atoms with Gasteiger partial charge in [0.15, 0.2) is 0 Å². The first-order chi connectivity index (χ1) is 9.66. The Labute approximate surface area is 122 Å². The fraction of sp³-hybridized carbons (Fsp3) is 0.400. The lowest BCUT2D eigenvalue weighted by atomic mass is 10.1. The lowest BCUT2D eigenvalue weighted by Crippen LogP contribution is -2.42. The van der Waals surface area contributed by atoms with Gasteiger partial charge in [0.2, 0.25) is 0 Å². The van der Waals surface area contributed by atoms with E-state index in [1.54, 1.807) is 0 Å². The van der Waals surface area contributed by atoms with Crippen molar-refractivity contribution in [3.05, 3.63) is 28.6 Å². The number of hydrogen-bond acceptors (Lipinski definition) is 4. The smallest absolute Gasteiger partial charge is 0.263 e. The third kappa shape index (κ3) is 2.39. The highest BCUT2D eigenvalue weighted by Crippen LogP contribution is 2.35. The highest BCUT2D eigenvalue weighted by molar-refractivity contribution is 7.21. The van der Waals surface area contributed by atoms with Crippen LogP contribution in [0, 0.1) is 6.92 Å². The molecule has 1 aliphatic heterocycles. The van der Waals surface area contributed by atoms with Gasteiger partial charge in [0, 0.05) is 16.1 Å². The van der Waals surface area contributed by atoms with Gasteiger partial charge >= 0.3 is 0 Å². The van der Waals surface area contributed by atoms with Crippen molar-refractivity contribution >= 4 is 33.0 Å². The number of fused-ring (bicyclic) bond motifs is 1. The third-order valence-corrected chi connectivity index (χ3v) is 5.19. The number of rotatable bonds is 2. The number of anilines is 1. The Balaban J connectivity index is 1.87. The van der Waals surface area contributed by atoms with Gasteiger partial charge in [-0.2, -0.15) is 0 Å². The summed E-state index contributed by atoms with van der Waals surface area (Å²) in [7, 11) is 0. The monoisotopic (exact) mass is 289 g/mol. The molecule has 106 valence electrons. The number of benzene rings is 1. The predicted octanol–water partition coefficient (Wildman–Crippen LogP) is 2.27. The maximum absolute atomic E-state index is 12.4. The quantitative estimate of drug-likeness (QED) is 0.794. The minimum absolute atomic E-state index is 0.0324. The summed E-state index contributed by atoms with van der Waals surface area (Å²) >= 11 is 1.49.